The largest absolute Gasteiger partial charge is 0.486 e. The number of rotatable bonds is 0. The Hall–Kier alpha value is -1.18. The van der Waals surface area contributed by atoms with Gasteiger partial charge in [-0.3, -0.25) is 0 Å². The molecule has 1 saturated carbocycles. The molecule has 1 fully saturated rings. The zero-order chi connectivity index (χ0) is 12.9. The van der Waals surface area contributed by atoms with Crippen LogP contribution in [-0.4, -0.2) is 12.1 Å². The van der Waals surface area contributed by atoms with Crippen LogP contribution in [0.25, 0.3) is 0 Å². The highest BCUT2D eigenvalue weighted by molar-refractivity contribution is 5.63. The van der Waals surface area contributed by atoms with Gasteiger partial charge < -0.3 is 10.1 Å². The first-order chi connectivity index (χ1) is 8.44. The molecule has 2 atom stereocenters. The van der Waals surface area contributed by atoms with E-state index in [2.05, 4.69) is 45.1 Å². The number of hydrogen-bond donors (Lipinski definition) is 1. The van der Waals surface area contributed by atoms with E-state index in [0.29, 0.717) is 17.6 Å². The maximum atomic E-state index is 6.25. The minimum absolute atomic E-state index is 0.354. The first-order valence-corrected chi connectivity index (χ1v) is 6.99. The average molecular weight is 245 g/mol. The molecule has 1 N–H and O–H groups in total. The second kappa shape index (κ2) is 3.91. The van der Waals surface area contributed by atoms with Gasteiger partial charge in [-0.05, 0) is 55.7 Å². The van der Waals surface area contributed by atoms with Gasteiger partial charge in [-0.1, -0.05) is 19.9 Å². The van der Waals surface area contributed by atoms with Crippen LogP contribution in [0.4, 0.5) is 5.69 Å². The van der Waals surface area contributed by atoms with Gasteiger partial charge >= 0.3 is 0 Å². The zero-order valence-electron chi connectivity index (χ0n) is 11.8. The molecular weight excluding hydrogens is 222 g/mol. The second-order valence-corrected chi connectivity index (χ2v) is 6.77. The molecule has 0 amide bonds. The molecular formula is C16H23NO. The molecule has 18 heavy (non-hydrogen) atoms. The van der Waals surface area contributed by atoms with Crippen molar-refractivity contribution >= 4 is 5.69 Å². The minimum atomic E-state index is 0.354. The van der Waals surface area contributed by atoms with Crippen molar-refractivity contribution in [3.63, 3.8) is 0 Å². The minimum Gasteiger partial charge on any atom is -0.486 e. The standard InChI is InChI=1S/C16H23NO/c1-10-7-11(2)15-12(8-10)17-13-9-16(3,4)6-5-14(13)18-15/h7-8,13-14,17H,5-6,9H2,1-4H3. The zero-order valence-corrected chi connectivity index (χ0v) is 11.8. The van der Waals surface area contributed by atoms with Crippen molar-refractivity contribution in [2.24, 2.45) is 5.41 Å². The lowest BCUT2D eigenvalue weighted by Crippen LogP contribution is -2.48. The van der Waals surface area contributed by atoms with E-state index in [1.807, 2.05) is 0 Å². The fourth-order valence-corrected chi connectivity index (χ4v) is 3.42. The monoisotopic (exact) mass is 245 g/mol. The molecule has 3 rings (SSSR count). The first-order valence-electron chi connectivity index (χ1n) is 6.99. The van der Waals surface area contributed by atoms with Crippen LogP contribution in [0.3, 0.4) is 0 Å². The van der Waals surface area contributed by atoms with Crippen molar-refractivity contribution in [3.05, 3.63) is 23.3 Å². The summed E-state index contributed by atoms with van der Waals surface area (Å²) in [7, 11) is 0. The molecule has 1 heterocycles. The average Bonchev–Trinajstić information content (AvgIpc) is 2.25. The van der Waals surface area contributed by atoms with E-state index < -0.39 is 0 Å². The maximum absolute atomic E-state index is 6.25. The molecule has 0 bridgehead atoms. The van der Waals surface area contributed by atoms with E-state index in [4.69, 9.17) is 4.74 Å². The van der Waals surface area contributed by atoms with Crippen LogP contribution in [0.2, 0.25) is 0 Å². The Bertz CT molecular complexity index is 478. The fraction of sp³-hybridized carbons (Fsp3) is 0.625. The van der Waals surface area contributed by atoms with Gasteiger partial charge in [0, 0.05) is 0 Å². The van der Waals surface area contributed by atoms with Crippen molar-refractivity contribution in [2.45, 2.75) is 59.1 Å². The number of benzene rings is 1. The molecule has 2 aliphatic rings. The highest BCUT2D eigenvalue weighted by Gasteiger charge is 2.39. The molecule has 1 aromatic carbocycles. The van der Waals surface area contributed by atoms with Crippen LogP contribution in [0.5, 0.6) is 5.75 Å². The first kappa shape index (κ1) is 11.9. The van der Waals surface area contributed by atoms with Gasteiger partial charge in [0.1, 0.15) is 11.9 Å². The van der Waals surface area contributed by atoms with Crippen molar-refractivity contribution < 1.29 is 4.74 Å². The molecule has 1 aliphatic carbocycles. The van der Waals surface area contributed by atoms with Crippen LogP contribution >= 0.6 is 0 Å². The SMILES string of the molecule is Cc1cc(C)c2c(c1)NC1CC(C)(C)CCC1O2. The van der Waals surface area contributed by atoms with E-state index in [0.717, 1.165) is 12.2 Å². The summed E-state index contributed by atoms with van der Waals surface area (Å²) in [5.41, 5.74) is 4.18. The Labute approximate surface area is 110 Å². The number of hydrogen-bond acceptors (Lipinski definition) is 2. The molecule has 1 aromatic rings. The number of nitrogens with one attached hydrogen (secondary N) is 1. The van der Waals surface area contributed by atoms with Crippen molar-refractivity contribution in [3.8, 4) is 5.75 Å². The third-order valence-corrected chi connectivity index (χ3v) is 4.36. The Morgan fingerprint density at radius 3 is 2.83 bits per heavy atom. The number of anilines is 1. The fourth-order valence-electron chi connectivity index (χ4n) is 3.42. The molecule has 1 aliphatic heterocycles. The van der Waals surface area contributed by atoms with Crippen molar-refractivity contribution in [1.82, 2.24) is 0 Å². The topological polar surface area (TPSA) is 21.3 Å². The van der Waals surface area contributed by atoms with E-state index in [1.165, 1.54) is 29.7 Å². The van der Waals surface area contributed by atoms with E-state index in [1.54, 1.807) is 0 Å². The van der Waals surface area contributed by atoms with Crippen molar-refractivity contribution in [2.75, 3.05) is 5.32 Å². The summed E-state index contributed by atoms with van der Waals surface area (Å²) >= 11 is 0. The van der Waals surface area contributed by atoms with Gasteiger partial charge in [0.25, 0.3) is 0 Å². The quantitative estimate of drug-likeness (QED) is 0.744. The lowest BCUT2D eigenvalue weighted by Gasteiger charge is -2.44. The molecule has 0 radical (unpaired) electrons. The summed E-state index contributed by atoms with van der Waals surface area (Å²) < 4.78 is 6.25. The summed E-state index contributed by atoms with van der Waals surface area (Å²) in [5.74, 6) is 1.07. The Balaban J connectivity index is 1.93. The third-order valence-electron chi connectivity index (χ3n) is 4.36. The highest BCUT2D eigenvalue weighted by atomic mass is 16.5. The highest BCUT2D eigenvalue weighted by Crippen LogP contribution is 2.44. The number of ether oxygens (including phenoxy) is 1. The van der Waals surface area contributed by atoms with Gasteiger partial charge in [-0.2, -0.15) is 0 Å². The summed E-state index contributed by atoms with van der Waals surface area (Å²) in [4.78, 5) is 0. The molecule has 98 valence electrons. The van der Waals surface area contributed by atoms with Crippen LogP contribution in [-0.2, 0) is 0 Å². The third kappa shape index (κ3) is 1.98. The van der Waals surface area contributed by atoms with Crippen LogP contribution < -0.4 is 10.1 Å². The lowest BCUT2D eigenvalue weighted by molar-refractivity contribution is 0.0771. The molecule has 0 aromatic heterocycles. The van der Waals surface area contributed by atoms with Gasteiger partial charge in [0.2, 0.25) is 0 Å². The Morgan fingerprint density at radius 2 is 2.06 bits per heavy atom. The Morgan fingerprint density at radius 1 is 1.28 bits per heavy atom. The van der Waals surface area contributed by atoms with Gasteiger partial charge in [-0.25, -0.2) is 0 Å². The van der Waals surface area contributed by atoms with E-state index >= 15 is 0 Å². The van der Waals surface area contributed by atoms with Crippen LogP contribution in [0.1, 0.15) is 44.2 Å². The summed E-state index contributed by atoms with van der Waals surface area (Å²) in [6, 6.07) is 4.88. The van der Waals surface area contributed by atoms with E-state index in [-0.39, 0.29) is 0 Å². The number of aryl methyl sites for hydroxylation is 2. The van der Waals surface area contributed by atoms with Crippen molar-refractivity contribution in [1.29, 1.82) is 0 Å². The maximum Gasteiger partial charge on any atom is 0.145 e. The summed E-state index contributed by atoms with van der Waals surface area (Å²) in [6.07, 6.45) is 3.98. The number of fused-ring (bicyclic) bond motifs is 2. The normalized spacial score (nSPS) is 28.7. The summed E-state index contributed by atoms with van der Waals surface area (Å²) in [6.45, 7) is 9.01. The second-order valence-electron chi connectivity index (χ2n) is 6.77. The van der Waals surface area contributed by atoms with Crippen LogP contribution in [0.15, 0.2) is 12.1 Å². The van der Waals surface area contributed by atoms with E-state index in [9.17, 15) is 0 Å². The summed E-state index contributed by atoms with van der Waals surface area (Å²) in [5, 5.41) is 3.71. The molecule has 2 heteroatoms. The lowest BCUT2D eigenvalue weighted by atomic mass is 9.73. The molecule has 0 spiro atoms. The molecule has 0 saturated heterocycles. The predicted molar refractivity (Wildman–Crippen MR) is 75.4 cm³/mol. The molecule has 2 nitrogen and oxygen atoms in total. The Kier molecular flexibility index (Phi) is 2.58. The van der Waals surface area contributed by atoms with Gasteiger partial charge in [-0.15, -0.1) is 0 Å². The van der Waals surface area contributed by atoms with Crippen LogP contribution in [0, 0.1) is 19.3 Å². The molecule has 2 unspecified atom stereocenters. The van der Waals surface area contributed by atoms with Gasteiger partial charge in [0.15, 0.2) is 0 Å². The van der Waals surface area contributed by atoms with Gasteiger partial charge in [0.05, 0.1) is 11.7 Å². The smallest absolute Gasteiger partial charge is 0.145 e. The predicted octanol–water partition coefficient (Wildman–Crippen LogP) is 4.06.